The fraction of sp³-hybridized carbons (Fsp3) is 0.471. The van der Waals surface area contributed by atoms with Gasteiger partial charge in [0.25, 0.3) is 5.56 Å². The number of nitrogens with one attached hydrogen (secondary N) is 1. The molecule has 2 N–H and O–H groups in total. The summed E-state index contributed by atoms with van der Waals surface area (Å²) in [5.41, 5.74) is -0.0799. The predicted octanol–water partition coefficient (Wildman–Crippen LogP) is 0.224. The highest BCUT2D eigenvalue weighted by Gasteiger charge is 2.33. The van der Waals surface area contributed by atoms with E-state index in [0.717, 1.165) is 5.56 Å². The molecular weight excluding hydrogens is 308 g/mol. The highest BCUT2D eigenvalue weighted by Crippen LogP contribution is 2.31. The Morgan fingerprint density at radius 2 is 2.04 bits per heavy atom. The number of H-pyrrole nitrogens is 1. The van der Waals surface area contributed by atoms with Crippen molar-refractivity contribution >= 4 is 0 Å². The summed E-state index contributed by atoms with van der Waals surface area (Å²) >= 11 is 0. The Morgan fingerprint density at radius 3 is 2.67 bits per heavy atom. The van der Waals surface area contributed by atoms with E-state index in [2.05, 4.69) is 14.9 Å². The van der Waals surface area contributed by atoms with E-state index < -0.39 is 5.60 Å². The Morgan fingerprint density at radius 1 is 1.29 bits per heavy atom. The van der Waals surface area contributed by atoms with Gasteiger partial charge in [0.2, 0.25) is 0 Å². The molecule has 0 atom stereocenters. The number of likely N-dealkylation sites (tertiary alicyclic amines) is 1. The van der Waals surface area contributed by atoms with Gasteiger partial charge in [-0.05, 0) is 25.8 Å². The van der Waals surface area contributed by atoms with E-state index in [-0.39, 0.29) is 11.2 Å². The SMILES string of the molecule is Cc1cc(=O)n(CCN2CCC(O)(c3cccnc3)CC2)c(=O)[nH]1. The highest BCUT2D eigenvalue weighted by molar-refractivity contribution is 5.18. The van der Waals surface area contributed by atoms with E-state index in [9.17, 15) is 14.7 Å². The van der Waals surface area contributed by atoms with Crippen molar-refractivity contribution in [3.05, 3.63) is 62.7 Å². The van der Waals surface area contributed by atoms with E-state index in [4.69, 9.17) is 0 Å². The largest absolute Gasteiger partial charge is 0.385 e. The van der Waals surface area contributed by atoms with Crippen molar-refractivity contribution in [1.82, 2.24) is 19.4 Å². The van der Waals surface area contributed by atoms with Crippen LogP contribution >= 0.6 is 0 Å². The molecule has 2 aromatic heterocycles. The van der Waals surface area contributed by atoms with Crippen LogP contribution in [0.25, 0.3) is 0 Å². The zero-order chi connectivity index (χ0) is 17.2. The maximum Gasteiger partial charge on any atom is 0.328 e. The molecular formula is C17H22N4O3. The molecule has 7 heteroatoms. The third-order valence-corrected chi connectivity index (χ3v) is 4.68. The summed E-state index contributed by atoms with van der Waals surface area (Å²) in [6.45, 7) is 4.07. The summed E-state index contributed by atoms with van der Waals surface area (Å²) in [4.78, 5) is 32.6. The Balaban J connectivity index is 1.61. The smallest absolute Gasteiger partial charge is 0.328 e. The zero-order valence-corrected chi connectivity index (χ0v) is 13.7. The van der Waals surface area contributed by atoms with Crippen LogP contribution in [-0.2, 0) is 12.1 Å². The van der Waals surface area contributed by atoms with Crippen LogP contribution in [0.3, 0.4) is 0 Å². The van der Waals surface area contributed by atoms with Crippen LogP contribution < -0.4 is 11.2 Å². The molecule has 0 unspecified atom stereocenters. The van der Waals surface area contributed by atoms with E-state index in [0.29, 0.717) is 44.7 Å². The molecule has 0 bridgehead atoms. The molecule has 7 nitrogen and oxygen atoms in total. The lowest BCUT2D eigenvalue weighted by atomic mass is 9.85. The van der Waals surface area contributed by atoms with E-state index in [1.54, 1.807) is 19.3 Å². The van der Waals surface area contributed by atoms with Crippen molar-refractivity contribution in [2.45, 2.75) is 31.9 Å². The van der Waals surface area contributed by atoms with Gasteiger partial charge in [0.1, 0.15) is 0 Å². The second-order valence-corrected chi connectivity index (χ2v) is 6.36. The summed E-state index contributed by atoms with van der Waals surface area (Å²) in [5, 5.41) is 10.8. The Hall–Kier alpha value is -2.25. The van der Waals surface area contributed by atoms with Crippen molar-refractivity contribution in [2.24, 2.45) is 0 Å². The molecule has 3 rings (SSSR count). The van der Waals surface area contributed by atoms with Gasteiger partial charge in [0.15, 0.2) is 0 Å². The Labute approximate surface area is 139 Å². The molecule has 1 fully saturated rings. The van der Waals surface area contributed by atoms with E-state index in [1.165, 1.54) is 10.6 Å². The third kappa shape index (κ3) is 3.47. The normalized spacial score (nSPS) is 17.8. The number of hydrogen-bond donors (Lipinski definition) is 2. The quantitative estimate of drug-likeness (QED) is 0.837. The van der Waals surface area contributed by atoms with Crippen LogP contribution in [-0.4, -0.2) is 44.2 Å². The van der Waals surface area contributed by atoms with Gasteiger partial charge in [-0.2, -0.15) is 0 Å². The first kappa shape index (κ1) is 16.6. The van der Waals surface area contributed by atoms with Crippen LogP contribution in [0.15, 0.2) is 40.2 Å². The van der Waals surface area contributed by atoms with Gasteiger partial charge >= 0.3 is 5.69 Å². The molecule has 3 heterocycles. The number of hydrogen-bond acceptors (Lipinski definition) is 5. The van der Waals surface area contributed by atoms with Crippen LogP contribution in [0.5, 0.6) is 0 Å². The average molecular weight is 330 g/mol. The zero-order valence-electron chi connectivity index (χ0n) is 13.7. The Bertz CT molecular complexity index is 773. The van der Waals surface area contributed by atoms with E-state index in [1.807, 2.05) is 12.1 Å². The molecule has 1 saturated heterocycles. The van der Waals surface area contributed by atoms with Gasteiger partial charge in [0.05, 0.1) is 5.60 Å². The van der Waals surface area contributed by atoms with E-state index >= 15 is 0 Å². The number of piperidine rings is 1. The summed E-state index contributed by atoms with van der Waals surface area (Å²) in [5.74, 6) is 0. The van der Waals surface area contributed by atoms with Crippen molar-refractivity contribution in [1.29, 1.82) is 0 Å². The lowest BCUT2D eigenvalue weighted by Crippen LogP contribution is -2.45. The molecule has 2 aromatic rings. The number of aryl methyl sites for hydroxylation is 1. The number of rotatable bonds is 4. The standard InChI is InChI=1S/C17H22N4O3/c1-13-11-15(22)21(16(23)19-13)10-9-20-7-4-17(24,5-8-20)14-3-2-6-18-12-14/h2-3,6,11-12,24H,4-5,7-10H2,1H3,(H,19,23). The maximum absolute atomic E-state index is 11.9. The van der Waals surface area contributed by atoms with Crippen LogP contribution in [0.4, 0.5) is 0 Å². The number of aromatic nitrogens is 3. The summed E-state index contributed by atoms with van der Waals surface area (Å²) in [6, 6.07) is 5.16. The van der Waals surface area contributed by atoms with Gasteiger partial charge in [0, 0.05) is 55.9 Å². The van der Waals surface area contributed by atoms with Gasteiger partial charge in [-0.1, -0.05) is 6.07 Å². The lowest BCUT2D eigenvalue weighted by Gasteiger charge is -2.38. The molecule has 0 spiro atoms. The molecule has 0 saturated carbocycles. The van der Waals surface area contributed by atoms with Gasteiger partial charge in [-0.25, -0.2) is 4.79 Å². The first-order valence-electron chi connectivity index (χ1n) is 8.14. The minimum atomic E-state index is -0.844. The van der Waals surface area contributed by atoms with Crippen molar-refractivity contribution in [2.75, 3.05) is 19.6 Å². The summed E-state index contributed by atoms with van der Waals surface area (Å²) < 4.78 is 1.22. The van der Waals surface area contributed by atoms with Crippen molar-refractivity contribution in [3.63, 3.8) is 0 Å². The second-order valence-electron chi connectivity index (χ2n) is 6.36. The minimum absolute atomic E-state index is 0.278. The number of aromatic amines is 1. The van der Waals surface area contributed by atoms with Crippen LogP contribution in [0, 0.1) is 6.92 Å². The number of aliphatic hydroxyl groups is 1. The molecule has 0 aliphatic carbocycles. The molecule has 24 heavy (non-hydrogen) atoms. The molecule has 0 aromatic carbocycles. The lowest BCUT2D eigenvalue weighted by molar-refractivity contribution is -0.0267. The molecule has 0 radical (unpaired) electrons. The summed E-state index contributed by atoms with van der Waals surface area (Å²) in [6.07, 6.45) is 4.62. The highest BCUT2D eigenvalue weighted by atomic mass is 16.3. The molecule has 0 amide bonds. The second kappa shape index (κ2) is 6.70. The van der Waals surface area contributed by atoms with Gasteiger partial charge in [-0.3, -0.25) is 14.3 Å². The van der Waals surface area contributed by atoms with Crippen LogP contribution in [0.2, 0.25) is 0 Å². The van der Waals surface area contributed by atoms with Gasteiger partial charge in [-0.15, -0.1) is 0 Å². The first-order chi connectivity index (χ1) is 11.5. The average Bonchev–Trinajstić information content (AvgIpc) is 2.56. The fourth-order valence-electron chi connectivity index (χ4n) is 3.16. The number of nitrogens with zero attached hydrogens (tertiary/aromatic N) is 3. The number of pyridine rings is 1. The molecule has 1 aliphatic heterocycles. The third-order valence-electron chi connectivity index (χ3n) is 4.68. The van der Waals surface area contributed by atoms with Gasteiger partial charge < -0.3 is 15.0 Å². The maximum atomic E-state index is 11.9. The molecule has 1 aliphatic rings. The van der Waals surface area contributed by atoms with Crippen molar-refractivity contribution in [3.8, 4) is 0 Å². The monoisotopic (exact) mass is 330 g/mol. The topological polar surface area (TPSA) is 91.2 Å². The minimum Gasteiger partial charge on any atom is -0.385 e. The first-order valence-corrected chi connectivity index (χ1v) is 8.14. The Kier molecular flexibility index (Phi) is 4.64. The summed E-state index contributed by atoms with van der Waals surface area (Å²) in [7, 11) is 0. The van der Waals surface area contributed by atoms with Crippen LogP contribution in [0.1, 0.15) is 24.1 Å². The predicted molar refractivity (Wildman–Crippen MR) is 89.9 cm³/mol. The fourth-order valence-corrected chi connectivity index (χ4v) is 3.16. The van der Waals surface area contributed by atoms with Crippen molar-refractivity contribution < 1.29 is 5.11 Å². The molecule has 128 valence electrons.